The van der Waals surface area contributed by atoms with Gasteiger partial charge in [0.2, 0.25) is 5.92 Å². The zero-order valence-corrected chi connectivity index (χ0v) is 6.01. The van der Waals surface area contributed by atoms with Crippen molar-refractivity contribution in [2.75, 3.05) is 0 Å². The monoisotopic (exact) mass is 176 g/mol. The summed E-state index contributed by atoms with van der Waals surface area (Å²) < 4.78 is 58.0. The van der Waals surface area contributed by atoms with Gasteiger partial charge in [-0.2, -0.15) is 13.2 Å². The van der Waals surface area contributed by atoms with Crippen LogP contribution in [0.15, 0.2) is 0 Å². The minimum Gasteiger partial charge on any atom is -0.207 e. The number of halogens is 5. The van der Waals surface area contributed by atoms with E-state index in [0.717, 1.165) is 0 Å². The molecule has 0 amide bonds. The van der Waals surface area contributed by atoms with Crippen LogP contribution in [-0.2, 0) is 0 Å². The molecule has 0 heterocycles. The molecule has 0 saturated carbocycles. The van der Waals surface area contributed by atoms with Crippen LogP contribution in [0.1, 0.15) is 26.2 Å². The fourth-order valence-electron chi connectivity index (χ4n) is 0.599. The highest BCUT2D eigenvalue weighted by Crippen LogP contribution is 2.26. The van der Waals surface area contributed by atoms with E-state index >= 15 is 0 Å². The van der Waals surface area contributed by atoms with E-state index in [2.05, 4.69) is 0 Å². The molecule has 0 bridgehead atoms. The lowest BCUT2D eigenvalue weighted by Crippen LogP contribution is -2.13. The van der Waals surface area contributed by atoms with Gasteiger partial charge in [-0.3, -0.25) is 0 Å². The second-order valence-corrected chi connectivity index (χ2v) is 2.54. The van der Waals surface area contributed by atoms with E-state index in [4.69, 9.17) is 0 Å². The van der Waals surface area contributed by atoms with Gasteiger partial charge in [-0.15, -0.1) is 0 Å². The Kier molecular flexibility index (Phi) is 3.26. The third-order valence-corrected chi connectivity index (χ3v) is 1.08. The summed E-state index contributed by atoms with van der Waals surface area (Å²) in [7, 11) is 0. The maximum absolute atomic E-state index is 11.9. The molecule has 0 saturated heterocycles. The van der Waals surface area contributed by atoms with Gasteiger partial charge in [0.1, 0.15) is 0 Å². The topological polar surface area (TPSA) is 0 Å². The Morgan fingerprint density at radius 3 is 1.64 bits per heavy atom. The molecule has 0 aromatic rings. The van der Waals surface area contributed by atoms with Crippen LogP contribution in [0.4, 0.5) is 22.0 Å². The molecule has 0 atom stereocenters. The molecule has 68 valence electrons. The number of alkyl halides is 5. The molecule has 0 rings (SSSR count). The van der Waals surface area contributed by atoms with Crippen molar-refractivity contribution in [1.29, 1.82) is 0 Å². The zero-order chi connectivity index (χ0) is 9.12. The maximum Gasteiger partial charge on any atom is 0.389 e. The predicted molar refractivity (Wildman–Crippen MR) is 30.5 cm³/mol. The number of hydrogen-bond donors (Lipinski definition) is 0. The molecule has 0 unspecified atom stereocenters. The third-order valence-electron chi connectivity index (χ3n) is 1.08. The summed E-state index contributed by atoms with van der Waals surface area (Å²) >= 11 is 0. The van der Waals surface area contributed by atoms with Crippen LogP contribution in [-0.4, -0.2) is 12.1 Å². The van der Waals surface area contributed by atoms with Crippen LogP contribution in [0.5, 0.6) is 0 Å². The van der Waals surface area contributed by atoms with Crippen molar-refractivity contribution in [3.05, 3.63) is 0 Å². The van der Waals surface area contributed by atoms with E-state index in [-0.39, 0.29) is 0 Å². The van der Waals surface area contributed by atoms with Gasteiger partial charge in [0.15, 0.2) is 0 Å². The quantitative estimate of drug-likeness (QED) is 0.578. The minimum absolute atomic E-state index is 0.507. The van der Waals surface area contributed by atoms with Crippen molar-refractivity contribution in [2.24, 2.45) is 0 Å². The molecule has 0 aliphatic carbocycles. The van der Waals surface area contributed by atoms with Crippen molar-refractivity contribution in [3.8, 4) is 0 Å². The summed E-state index contributed by atoms with van der Waals surface area (Å²) in [6.07, 6.45) is -6.65. The third kappa shape index (κ3) is 9.65. The molecule has 11 heavy (non-hydrogen) atoms. The standard InChI is InChI=1S/C6H9F5/c1-5(7,8)3-2-4-6(9,10)11/h2-4H2,1H3. The highest BCUT2D eigenvalue weighted by atomic mass is 19.4. The van der Waals surface area contributed by atoms with Crippen LogP contribution < -0.4 is 0 Å². The molecule has 0 fully saturated rings. The van der Waals surface area contributed by atoms with Crippen LogP contribution in [0.3, 0.4) is 0 Å². The Bertz CT molecular complexity index is 95.1. The first kappa shape index (κ1) is 10.7. The van der Waals surface area contributed by atoms with Crippen LogP contribution in [0.2, 0.25) is 0 Å². The number of rotatable bonds is 3. The average molecular weight is 176 g/mol. The second kappa shape index (κ2) is 3.36. The summed E-state index contributed by atoms with van der Waals surface area (Å²) in [6.45, 7) is 0.614. The molecule has 0 aromatic heterocycles. The summed E-state index contributed by atoms with van der Waals surface area (Å²) in [6, 6.07) is 0. The molecule has 0 N–H and O–H groups in total. The van der Waals surface area contributed by atoms with E-state index in [1.807, 2.05) is 0 Å². The largest absolute Gasteiger partial charge is 0.389 e. The molecule has 0 aliphatic heterocycles. The lowest BCUT2D eigenvalue weighted by molar-refractivity contribution is -0.138. The molecular weight excluding hydrogens is 167 g/mol. The first-order chi connectivity index (χ1) is 4.71. The van der Waals surface area contributed by atoms with Crippen molar-refractivity contribution in [3.63, 3.8) is 0 Å². The summed E-state index contributed by atoms with van der Waals surface area (Å²) in [4.78, 5) is 0. The molecule has 0 radical (unpaired) electrons. The summed E-state index contributed by atoms with van der Waals surface area (Å²) in [5.74, 6) is -2.98. The molecule has 5 heteroatoms. The van der Waals surface area contributed by atoms with Crippen LogP contribution >= 0.6 is 0 Å². The maximum atomic E-state index is 11.9. The lowest BCUT2D eigenvalue weighted by atomic mass is 10.1. The van der Waals surface area contributed by atoms with E-state index in [1.54, 1.807) is 0 Å². The van der Waals surface area contributed by atoms with Gasteiger partial charge in [0, 0.05) is 12.8 Å². The SMILES string of the molecule is CC(F)(F)CCCC(F)(F)F. The molecule has 0 spiro atoms. The van der Waals surface area contributed by atoms with Gasteiger partial charge in [-0.25, -0.2) is 8.78 Å². The Hall–Kier alpha value is -0.350. The van der Waals surface area contributed by atoms with E-state index < -0.39 is 31.4 Å². The summed E-state index contributed by atoms with van der Waals surface area (Å²) in [5.41, 5.74) is 0. The Labute approximate surface area is 61.4 Å². The smallest absolute Gasteiger partial charge is 0.207 e. The first-order valence-electron chi connectivity index (χ1n) is 3.15. The van der Waals surface area contributed by atoms with E-state index in [0.29, 0.717) is 6.92 Å². The second-order valence-electron chi connectivity index (χ2n) is 2.54. The fraction of sp³-hybridized carbons (Fsp3) is 1.00. The Balaban J connectivity index is 3.44. The van der Waals surface area contributed by atoms with Crippen molar-refractivity contribution < 1.29 is 22.0 Å². The molecular formula is C6H9F5. The van der Waals surface area contributed by atoms with Gasteiger partial charge in [0.05, 0.1) is 0 Å². The van der Waals surface area contributed by atoms with Gasteiger partial charge < -0.3 is 0 Å². The van der Waals surface area contributed by atoms with Gasteiger partial charge in [0.25, 0.3) is 0 Å². The van der Waals surface area contributed by atoms with Gasteiger partial charge in [-0.1, -0.05) is 0 Å². The Morgan fingerprint density at radius 1 is 0.909 bits per heavy atom. The highest BCUT2D eigenvalue weighted by Gasteiger charge is 2.29. The minimum atomic E-state index is -4.31. The van der Waals surface area contributed by atoms with Gasteiger partial charge >= 0.3 is 6.18 Å². The van der Waals surface area contributed by atoms with Crippen LogP contribution in [0.25, 0.3) is 0 Å². The summed E-state index contributed by atoms with van der Waals surface area (Å²) in [5, 5.41) is 0. The highest BCUT2D eigenvalue weighted by molar-refractivity contribution is 4.60. The zero-order valence-electron chi connectivity index (χ0n) is 6.01. The van der Waals surface area contributed by atoms with Crippen molar-refractivity contribution in [2.45, 2.75) is 38.3 Å². The van der Waals surface area contributed by atoms with Crippen molar-refractivity contribution >= 4 is 0 Å². The molecule has 0 aromatic carbocycles. The number of hydrogen-bond acceptors (Lipinski definition) is 0. The van der Waals surface area contributed by atoms with Crippen molar-refractivity contribution in [1.82, 2.24) is 0 Å². The lowest BCUT2D eigenvalue weighted by Gasteiger charge is -2.10. The molecule has 0 nitrogen and oxygen atoms in total. The van der Waals surface area contributed by atoms with Crippen LogP contribution in [0, 0.1) is 0 Å². The first-order valence-corrected chi connectivity index (χ1v) is 3.15. The fourth-order valence-corrected chi connectivity index (χ4v) is 0.599. The molecule has 0 aliphatic rings. The average Bonchev–Trinajstić information content (AvgIpc) is 1.55. The normalized spacial score (nSPS) is 13.6. The Morgan fingerprint density at radius 2 is 1.36 bits per heavy atom. The van der Waals surface area contributed by atoms with Gasteiger partial charge in [-0.05, 0) is 13.3 Å². The van der Waals surface area contributed by atoms with E-state index in [1.165, 1.54) is 0 Å². The van der Waals surface area contributed by atoms with E-state index in [9.17, 15) is 22.0 Å². The predicted octanol–water partition coefficient (Wildman–Crippen LogP) is 3.37.